The first-order valence-corrected chi connectivity index (χ1v) is 8.27. The molecule has 0 bridgehead atoms. The molecule has 0 saturated carbocycles. The van der Waals surface area contributed by atoms with Crippen molar-refractivity contribution in [3.05, 3.63) is 77.2 Å². The average Bonchev–Trinajstić information content (AvgIpc) is 2.63. The average molecular weight is 389 g/mol. The number of alkyl halides is 3. The molecule has 0 atom stereocenters. The van der Waals surface area contributed by atoms with E-state index in [0.29, 0.717) is 11.3 Å². The zero-order valence-electron chi connectivity index (χ0n) is 14.8. The van der Waals surface area contributed by atoms with E-state index in [4.69, 9.17) is 6.57 Å². The zero-order valence-corrected chi connectivity index (χ0v) is 14.8. The lowest BCUT2D eigenvalue weighted by atomic mass is 10.1. The maximum Gasteiger partial charge on any atom is 0.407 e. The summed E-state index contributed by atoms with van der Waals surface area (Å²) >= 11 is 0. The lowest BCUT2D eigenvalue weighted by molar-refractivity contribution is -0.136. The van der Waals surface area contributed by atoms with Gasteiger partial charge in [-0.1, -0.05) is 18.7 Å². The molecule has 1 heterocycles. The smallest absolute Gasteiger partial charge is 0.327 e. The van der Waals surface area contributed by atoms with Crippen LogP contribution in [0, 0.1) is 19.3 Å². The molecule has 144 valence electrons. The maximum absolute atomic E-state index is 13.9. The Morgan fingerprint density at radius 3 is 2.43 bits per heavy atom. The summed E-state index contributed by atoms with van der Waals surface area (Å²) in [5, 5.41) is 0. The Kier molecular flexibility index (Phi) is 4.86. The lowest BCUT2D eigenvalue weighted by Crippen LogP contribution is -2.46. The molecular weight excluding hydrogens is 374 g/mol. The van der Waals surface area contributed by atoms with Crippen LogP contribution in [0.1, 0.15) is 17.5 Å². The first-order chi connectivity index (χ1) is 13.1. The summed E-state index contributed by atoms with van der Waals surface area (Å²) in [5.74, 6) is -0.754. The molecule has 8 heteroatoms. The van der Waals surface area contributed by atoms with E-state index in [1.807, 2.05) is 0 Å². The van der Waals surface area contributed by atoms with Gasteiger partial charge in [-0.05, 0) is 36.8 Å². The van der Waals surface area contributed by atoms with Gasteiger partial charge in [-0.2, -0.15) is 13.2 Å². The van der Waals surface area contributed by atoms with E-state index in [1.165, 1.54) is 12.1 Å². The van der Waals surface area contributed by atoms with Crippen LogP contribution in [0.3, 0.4) is 0 Å². The molecule has 1 fully saturated rings. The van der Waals surface area contributed by atoms with Gasteiger partial charge in [0.05, 0.1) is 12.1 Å². The van der Waals surface area contributed by atoms with Crippen LogP contribution in [-0.2, 0) is 11.0 Å². The fourth-order valence-corrected chi connectivity index (χ4v) is 3.02. The van der Waals surface area contributed by atoms with Gasteiger partial charge in [-0.25, -0.2) is 9.24 Å². The number of carbonyl (C=O) groups is 1. The van der Waals surface area contributed by atoms with Gasteiger partial charge in [0, 0.05) is 24.3 Å². The minimum atomic E-state index is -4.74. The lowest BCUT2D eigenvalue weighted by Gasteiger charge is -2.38. The number of rotatable bonds is 2. The standard InChI is InChI=1S/C20H15F4N3O/c1-12-4-5-14(11-17(12)21)26-9-8-19(28)27(13(26)2)15-6-7-18(25-3)16(10-15)20(22,23)24/h4-7,10-11H,2,8-9H2,1H3. The van der Waals surface area contributed by atoms with Crippen molar-refractivity contribution in [2.24, 2.45) is 0 Å². The molecule has 3 rings (SSSR count). The molecule has 1 saturated heterocycles. The molecule has 0 radical (unpaired) electrons. The van der Waals surface area contributed by atoms with Crippen LogP contribution in [0.25, 0.3) is 4.85 Å². The number of anilines is 2. The van der Waals surface area contributed by atoms with Crippen molar-refractivity contribution in [2.45, 2.75) is 19.5 Å². The Morgan fingerprint density at radius 2 is 1.82 bits per heavy atom. The van der Waals surface area contributed by atoms with E-state index in [1.54, 1.807) is 24.0 Å². The minimum absolute atomic E-state index is 0.0143. The molecule has 2 aromatic carbocycles. The van der Waals surface area contributed by atoms with E-state index in [-0.39, 0.29) is 24.5 Å². The molecule has 1 aliphatic rings. The van der Waals surface area contributed by atoms with Gasteiger partial charge in [0.1, 0.15) is 11.6 Å². The van der Waals surface area contributed by atoms with E-state index < -0.39 is 29.2 Å². The Morgan fingerprint density at radius 1 is 1.14 bits per heavy atom. The van der Waals surface area contributed by atoms with Crippen LogP contribution < -0.4 is 9.80 Å². The number of carbonyl (C=O) groups excluding carboxylic acids is 1. The molecule has 0 unspecified atom stereocenters. The van der Waals surface area contributed by atoms with E-state index in [2.05, 4.69) is 11.4 Å². The van der Waals surface area contributed by atoms with Gasteiger partial charge in [0.25, 0.3) is 0 Å². The summed E-state index contributed by atoms with van der Waals surface area (Å²) in [6.07, 6.45) is -4.73. The summed E-state index contributed by atoms with van der Waals surface area (Å²) in [6.45, 7) is 12.6. The van der Waals surface area contributed by atoms with Crippen LogP contribution in [0.5, 0.6) is 0 Å². The minimum Gasteiger partial charge on any atom is -0.327 e. The van der Waals surface area contributed by atoms with Crippen molar-refractivity contribution < 1.29 is 22.4 Å². The van der Waals surface area contributed by atoms with Crippen LogP contribution in [0.4, 0.5) is 34.6 Å². The van der Waals surface area contributed by atoms with Crippen molar-refractivity contribution in [3.63, 3.8) is 0 Å². The highest BCUT2D eigenvalue weighted by Crippen LogP contribution is 2.40. The Hall–Kier alpha value is -3.34. The molecule has 28 heavy (non-hydrogen) atoms. The second kappa shape index (κ2) is 7.00. The second-order valence-electron chi connectivity index (χ2n) is 6.29. The van der Waals surface area contributed by atoms with Gasteiger partial charge in [0.15, 0.2) is 5.69 Å². The molecule has 1 amide bonds. The fourth-order valence-electron chi connectivity index (χ4n) is 3.02. The van der Waals surface area contributed by atoms with E-state index in [0.717, 1.165) is 17.0 Å². The van der Waals surface area contributed by atoms with Crippen molar-refractivity contribution in [1.82, 2.24) is 0 Å². The van der Waals surface area contributed by atoms with Crippen molar-refractivity contribution >= 4 is 23.0 Å². The monoisotopic (exact) mass is 389 g/mol. The van der Waals surface area contributed by atoms with Crippen LogP contribution in [-0.4, -0.2) is 12.5 Å². The summed E-state index contributed by atoms with van der Waals surface area (Å²) in [6, 6.07) is 7.57. The van der Waals surface area contributed by atoms with Crippen LogP contribution in [0.2, 0.25) is 0 Å². The first-order valence-electron chi connectivity index (χ1n) is 8.27. The van der Waals surface area contributed by atoms with Crippen LogP contribution >= 0.6 is 0 Å². The van der Waals surface area contributed by atoms with Crippen molar-refractivity contribution in [2.75, 3.05) is 16.3 Å². The zero-order chi connectivity index (χ0) is 20.6. The molecule has 2 aromatic rings. The topological polar surface area (TPSA) is 27.9 Å². The Bertz CT molecular complexity index is 1010. The third-order valence-corrected chi connectivity index (χ3v) is 4.50. The summed E-state index contributed by atoms with van der Waals surface area (Å²) in [5.41, 5.74) is -0.835. The molecular formula is C20H15F4N3O. The fraction of sp³-hybridized carbons (Fsp3) is 0.200. The number of hydrogen-bond acceptors (Lipinski definition) is 2. The molecule has 4 nitrogen and oxygen atoms in total. The maximum atomic E-state index is 13.9. The highest BCUT2D eigenvalue weighted by atomic mass is 19.4. The normalized spacial score (nSPS) is 15.0. The number of amides is 1. The van der Waals surface area contributed by atoms with Gasteiger partial charge in [-0.15, -0.1) is 0 Å². The number of halogens is 4. The Balaban J connectivity index is 2.03. The largest absolute Gasteiger partial charge is 0.407 e. The van der Waals surface area contributed by atoms with Crippen molar-refractivity contribution in [3.8, 4) is 0 Å². The van der Waals surface area contributed by atoms with Gasteiger partial charge in [0.2, 0.25) is 5.91 Å². The van der Waals surface area contributed by atoms with Crippen molar-refractivity contribution in [1.29, 1.82) is 0 Å². The molecule has 0 N–H and O–H groups in total. The first kappa shape index (κ1) is 19.4. The highest BCUT2D eigenvalue weighted by molar-refractivity contribution is 5.99. The predicted octanol–water partition coefficient (Wildman–Crippen LogP) is 5.42. The highest BCUT2D eigenvalue weighted by Gasteiger charge is 2.36. The molecule has 0 aliphatic carbocycles. The number of nitrogens with zero attached hydrogens (tertiary/aromatic N) is 3. The third-order valence-electron chi connectivity index (χ3n) is 4.50. The van der Waals surface area contributed by atoms with E-state index >= 15 is 0 Å². The predicted molar refractivity (Wildman–Crippen MR) is 97.4 cm³/mol. The summed E-state index contributed by atoms with van der Waals surface area (Å²) in [7, 11) is 0. The third kappa shape index (κ3) is 3.43. The number of aryl methyl sites for hydroxylation is 1. The molecule has 0 spiro atoms. The van der Waals surface area contributed by atoms with Gasteiger partial charge >= 0.3 is 6.18 Å². The molecule has 1 aliphatic heterocycles. The van der Waals surface area contributed by atoms with E-state index in [9.17, 15) is 22.4 Å². The second-order valence-corrected chi connectivity index (χ2v) is 6.29. The molecule has 0 aromatic heterocycles. The number of hydrogen-bond donors (Lipinski definition) is 0. The summed E-state index contributed by atoms with van der Waals surface area (Å²) in [4.78, 5) is 18.0. The van der Waals surface area contributed by atoms with Gasteiger partial charge in [-0.3, -0.25) is 9.69 Å². The van der Waals surface area contributed by atoms with Crippen LogP contribution in [0.15, 0.2) is 48.8 Å². The Labute approximate surface area is 159 Å². The van der Waals surface area contributed by atoms with Gasteiger partial charge < -0.3 is 4.90 Å². The number of benzene rings is 2. The summed E-state index contributed by atoms with van der Waals surface area (Å²) < 4.78 is 53.8. The quantitative estimate of drug-likeness (QED) is 0.507. The SMILES string of the molecule is [C-]#[N+]c1ccc(N2C(=C)N(c3ccc(C)c(F)c3)CCC2=O)cc1C(F)(F)F.